The third-order valence-electron chi connectivity index (χ3n) is 4.61. The fourth-order valence-electron chi connectivity index (χ4n) is 3.30. The van der Waals surface area contributed by atoms with E-state index in [1.165, 1.54) is 18.2 Å². The quantitative estimate of drug-likeness (QED) is 0.389. The van der Waals surface area contributed by atoms with Crippen molar-refractivity contribution in [3.8, 4) is 11.5 Å². The van der Waals surface area contributed by atoms with Crippen LogP contribution < -0.4 is 5.32 Å². The van der Waals surface area contributed by atoms with Gasteiger partial charge in [0, 0.05) is 18.5 Å². The Kier molecular flexibility index (Phi) is 8.25. The maximum atomic E-state index is 10.8. The topological polar surface area (TPSA) is 93.0 Å². The molecule has 5 N–H and O–H groups in total. The predicted molar refractivity (Wildman–Crippen MR) is 113 cm³/mol. The summed E-state index contributed by atoms with van der Waals surface area (Å²) >= 11 is 12.3. The molecule has 0 bridgehead atoms. The number of nitrogens with one attached hydrogen (secondary N) is 1. The molecule has 0 aliphatic carbocycles. The van der Waals surface area contributed by atoms with Crippen molar-refractivity contribution in [3.05, 3.63) is 52.0 Å². The molecular weight excluding hydrogens is 401 g/mol. The second-order valence-corrected chi connectivity index (χ2v) is 8.21. The fourth-order valence-corrected chi connectivity index (χ4v) is 3.83. The van der Waals surface area contributed by atoms with Crippen LogP contribution in [0.25, 0.3) is 0 Å². The predicted octanol–water partition coefficient (Wildman–Crippen LogP) is 4.96. The van der Waals surface area contributed by atoms with E-state index in [-0.39, 0.29) is 17.4 Å². The van der Waals surface area contributed by atoms with E-state index in [4.69, 9.17) is 23.2 Å². The highest BCUT2D eigenvalue weighted by Gasteiger charge is 2.29. The van der Waals surface area contributed by atoms with Crippen LogP contribution in [-0.2, 0) is 0 Å². The van der Waals surface area contributed by atoms with Crippen LogP contribution in [0.4, 0.5) is 5.69 Å². The minimum Gasteiger partial charge on any atom is -0.508 e. The van der Waals surface area contributed by atoms with Crippen molar-refractivity contribution in [3.63, 3.8) is 0 Å². The van der Waals surface area contributed by atoms with Crippen LogP contribution in [0.1, 0.15) is 38.4 Å². The Morgan fingerprint density at radius 2 is 1.54 bits per heavy atom. The fraction of sp³-hybridized carbons (Fsp3) is 0.429. The molecule has 5 nitrogen and oxygen atoms in total. The first kappa shape index (κ1) is 22.6. The number of aliphatic hydroxyl groups excluding tert-OH is 2. The van der Waals surface area contributed by atoms with Crippen molar-refractivity contribution in [2.45, 2.75) is 38.9 Å². The minimum absolute atomic E-state index is 0.137. The molecule has 28 heavy (non-hydrogen) atoms. The van der Waals surface area contributed by atoms with Crippen molar-refractivity contribution >= 4 is 28.9 Å². The zero-order valence-electron chi connectivity index (χ0n) is 15.9. The monoisotopic (exact) mass is 427 g/mol. The van der Waals surface area contributed by atoms with Gasteiger partial charge in [-0.15, -0.1) is 0 Å². The number of hydrogen-bond acceptors (Lipinski definition) is 5. The van der Waals surface area contributed by atoms with E-state index in [2.05, 4.69) is 5.32 Å². The van der Waals surface area contributed by atoms with Crippen molar-refractivity contribution < 1.29 is 20.4 Å². The third kappa shape index (κ3) is 6.17. The van der Waals surface area contributed by atoms with E-state index in [0.717, 1.165) is 0 Å². The van der Waals surface area contributed by atoms with Gasteiger partial charge in [-0.25, -0.2) is 0 Å². The Hall–Kier alpha value is -1.66. The lowest BCUT2D eigenvalue weighted by Crippen LogP contribution is -2.30. The molecule has 0 spiro atoms. The van der Waals surface area contributed by atoms with Crippen molar-refractivity contribution in [2.75, 3.05) is 11.9 Å². The van der Waals surface area contributed by atoms with Crippen LogP contribution in [0.5, 0.6) is 11.5 Å². The summed E-state index contributed by atoms with van der Waals surface area (Å²) in [6, 6.07) is 9.20. The minimum atomic E-state index is -1.03. The summed E-state index contributed by atoms with van der Waals surface area (Å²) in [5.74, 6) is -0.500. The molecule has 0 aliphatic heterocycles. The first-order chi connectivity index (χ1) is 13.2. The molecule has 2 rings (SSSR count). The Labute approximate surface area is 175 Å². The van der Waals surface area contributed by atoms with E-state index in [9.17, 15) is 20.4 Å². The number of anilines is 1. The number of rotatable bonds is 9. The number of phenols is 2. The van der Waals surface area contributed by atoms with Gasteiger partial charge in [-0.05, 0) is 48.6 Å². The highest BCUT2D eigenvalue weighted by molar-refractivity contribution is 6.39. The first-order valence-electron chi connectivity index (χ1n) is 9.26. The summed E-state index contributed by atoms with van der Waals surface area (Å²) in [5, 5.41) is 45.1. The van der Waals surface area contributed by atoms with Crippen LogP contribution in [0.3, 0.4) is 0 Å². The lowest BCUT2D eigenvalue weighted by atomic mass is 9.83. The number of benzene rings is 2. The van der Waals surface area contributed by atoms with Crippen LogP contribution in [0.15, 0.2) is 36.4 Å². The second kappa shape index (κ2) is 10.2. The van der Waals surface area contributed by atoms with Gasteiger partial charge in [0.15, 0.2) is 0 Å². The molecule has 0 amide bonds. The van der Waals surface area contributed by atoms with Crippen LogP contribution in [-0.4, -0.2) is 33.1 Å². The number of hydrogen-bond donors (Lipinski definition) is 5. The third-order valence-corrected chi connectivity index (χ3v) is 5.24. The maximum absolute atomic E-state index is 10.8. The number of halogens is 2. The molecule has 3 atom stereocenters. The van der Waals surface area contributed by atoms with Gasteiger partial charge in [-0.2, -0.15) is 0 Å². The van der Waals surface area contributed by atoms with Crippen LogP contribution in [0, 0.1) is 11.8 Å². The summed E-state index contributed by atoms with van der Waals surface area (Å²) in [6.45, 7) is 4.43. The lowest BCUT2D eigenvalue weighted by Gasteiger charge is -2.30. The van der Waals surface area contributed by atoms with Crippen LogP contribution in [0.2, 0.25) is 10.0 Å². The SMILES string of the molecule is CC(C)C[C@H]([C@H](O)CCNc1c(Cl)cccc1Cl)[C@@H](O)c1cc(O)cc(O)c1. The van der Waals surface area contributed by atoms with Gasteiger partial charge in [-0.3, -0.25) is 0 Å². The summed E-state index contributed by atoms with van der Waals surface area (Å²) in [4.78, 5) is 0. The molecule has 2 aromatic rings. The zero-order valence-corrected chi connectivity index (χ0v) is 17.5. The zero-order chi connectivity index (χ0) is 20.8. The summed E-state index contributed by atoms with van der Waals surface area (Å²) < 4.78 is 0. The first-order valence-corrected chi connectivity index (χ1v) is 10.0. The van der Waals surface area contributed by atoms with Gasteiger partial charge < -0.3 is 25.7 Å². The average Bonchev–Trinajstić information content (AvgIpc) is 2.60. The molecule has 0 aromatic heterocycles. The van der Waals surface area contributed by atoms with Gasteiger partial charge in [0.25, 0.3) is 0 Å². The van der Waals surface area contributed by atoms with E-state index in [0.29, 0.717) is 40.7 Å². The number of para-hydroxylation sites is 1. The van der Waals surface area contributed by atoms with Crippen molar-refractivity contribution in [1.82, 2.24) is 0 Å². The largest absolute Gasteiger partial charge is 0.508 e. The normalized spacial score (nSPS) is 14.7. The van der Waals surface area contributed by atoms with E-state index < -0.39 is 18.1 Å². The number of aromatic hydroxyl groups is 2. The molecule has 2 aromatic carbocycles. The van der Waals surface area contributed by atoms with Crippen molar-refractivity contribution in [1.29, 1.82) is 0 Å². The van der Waals surface area contributed by atoms with Gasteiger partial charge in [0.1, 0.15) is 11.5 Å². The van der Waals surface area contributed by atoms with Crippen molar-refractivity contribution in [2.24, 2.45) is 11.8 Å². The molecule has 0 fully saturated rings. The highest BCUT2D eigenvalue weighted by Crippen LogP contribution is 2.35. The van der Waals surface area contributed by atoms with Gasteiger partial charge in [0.05, 0.1) is 27.9 Å². The summed E-state index contributed by atoms with van der Waals surface area (Å²) in [6.07, 6.45) is -0.901. The Balaban J connectivity index is 2.09. The molecular formula is C21H27Cl2NO4. The van der Waals surface area contributed by atoms with Gasteiger partial charge in [0.2, 0.25) is 0 Å². The van der Waals surface area contributed by atoms with E-state index in [1.54, 1.807) is 18.2 Å². The Morgan fingerprint density at radius 1 is 0.964 bits per heavy atom. The van der Waals surface area contributed by atoms with E-state index in [1.807, 2.05) is 13.8 Å². The Morgan fingerprint density at radius 3 is 2.07 bits per heavy atom. The molecule has 154 valence electrons. The van der Waals surface area contributed by atoms with E-state index >= 15 is 0 Å². The number of phenolic OH excluding ortho intramolecular Hbond substituents is 2. The smallest absolute Gasteiger partial charge is 0.119 e. The number of aliphatic hydroxyl groups is 2. The highest BCUT2D eigenvalue weighted by atomic mass is 35.5. The molecule has 0 aliphatic rings. The second-order valence-electron chi connectivity index (χ2n) is 7.40. The average molecular weight is 428 g/mol. The molecule has 0 saturated heterocycles. The Bertz CT molecular complexity index is 744. The lowest BCUT2D eigenvalue weighted by molar-refractivity contribution is -0.00187. The summed E-state index contributed by atoms with van der Waals surface area (Å²) in [7, 11) is 0. The molecule has 7 heteroatoms. The standard InChI is InChI=1S/C21H27Cl2NO4/c1-12(2)8-16(21(28)13-9-14(25)11-15(26)10-13)19(27)6-7-24-20-17(22)4-3-5-18(20)23/h3-5,9-12,16,19,21,24-28H,6-8H2,1-2H3/t16-,19-,21+/m1/s1. The van der Waals surface area contributed by atoms with Crippen LogP contribution >= 0.6 is 23.2 Å². The summed E-state index contributed by atoms with van der Waals surface area (Å²) in [5.41, 5.74) is 0.973. The molecule has 0 heterocycles. The van der Waals surface area contributed by atoms with Gasteiger partial charge >= 0.3 is 0 Å². The molecule has 0 unspecified atom stereocenters. The molecule has 0 radical (unpaired) electrons. The van der Waals surface area contributed by atoms with Gasteiger partial charge in [-0.1, -0.05) is 43.1 Å². The molecule has 0 saturated carbocycles. The maximum Gasteiger partial charge on any atom is 0.119 e.